The van der Waals surface area contributed by atoms with Gasteiger partial charge in [0.25, 0.3) is 0 Å². The van der Waals surface area contributed by atoms with E-state index in [1.807, 2.05) is 11.9 Å². The number of morpholine rings is 1. The van der Waals surface area contributed by atoms with Gasteiger partial charge in [-0.2, -0.15) is 23.0 Å². The molecule has 220 valence electrons. The first-order valence-corrected chi connectivity index (χ1v) is 13.5. The minimum Gasteiger partial charge on any atom is -0.455 e. The molecule has 1 aromatic carbocycles. The third-order valence-corrected chi connectivity index (χ3v) is 7.60. The van der Waals surface area contributed by atoms with Crippen LogP contribution in [0, 0.1) is 0 Å². The van der Waals surface area contributed by atoms with Crippen molar-refractivity contribution in [2.75, 3.05) is 51.3 Å². The van der Waals surface area contributed by atoms with Gasteiger partial charge in [-0.05, 0) is 71.3 Å². The highest BCUT2D eigenvalue weighted by atomic mass is 19.4. The molecule has 40 heavy (non-hydrogen) atoms. The van der Waals surface area contributed by atoms with E-state index in [-0.39, 0.29) is 17.3 Å². The van der Waals surface area contributed by atoms with E-state index in [4.69, 9.17) is 9.47 Å². The maximum absolute atomic E-state index is 13.5. The van der Waals surface area contributed by atoms with Crippen molar-refractivity contribution in [2.45, 2.75) is 64.4 Å². The van der Waals surface area contributed by atoms with Crippen LogP contribution in [0.5, 0.6) is 0 Å². The molecule has 0 spiro atoms. The summed E-state index contributed by atoms with van der Waals surface area (Å²) in [6, 6.07) is 5.10. The lowest BCUT2D eigenvalue weighted by Crippen LogP contribution is -2.53. The van der Waals surface area contributed by atoms with E-state index in [1.54, 1.807) is 31.7 Å². The first-order valence-electron chi connectivity index (χ1n) is 13.5. The number of hydrogen-bond donors (Lipinski definition) is 0. The number of likely N-dealkylation sites (tertiary alicyclic amines) is 1. The summed E-state index contributed by atoms with van der Waals surface area (Å²) >= 11 is 0. The molecule has 0 radical (unpaired) electrons. The third kappa shape index (κ3) is 6.95. The van der Waals surface area contributed by atoms with E-state index >= 15 is 0 Å². The Bertz CT molecular complexity index is 1210. The molecule has 12 heteroatoms. The van der Waals surface area contributed by atoms with Crippen molar-refractivity contribution < 1.29 is 32.2 Å². The Labute approximate surface area is 232 Å². The fraction of sp³-hybridized carbons (Fsp3) is 0.607. The Morgan fingerprint density at radius 3 is 2.33 bits per heavy atom. The van der Waals surface area contributed by atoms with Gasteiger partial charge < -0.3 is 19.3 Å². The predicted octanol–water partition coefficient (Wildman–Crippen LogP) is 4.65. The largest absolute Gasteiger partial charge is 0.455 e. The third-order valence-electron chi connectivity index (χ3n) is 7.60. The number of nitrogens with zero attached hydrogens (tertiary/aromatic N) is 5. The molecule has 0 N–H and O–H groups in total. The molecule has 1 amide bonds. The van der Waals surface area contributed by atoms with E-state index in [2.05, 4.69) is 16.9 Å². The molecule has 3 heterocycles. The molecular formula is C28H38F3N5O4. The fourth-order valence-corrected chi connectivity index (χ4v) is 4.99. The van der Waals surface area contributed by atoms with Gasteiger partial charge in [0.15, 0.2) is 5.69 Å². The maximum atomic E-state index is 13.5. The van der Waals surface area contributed by atoms with Crippen LogP contribution in [0.3, 0.4) is 0 Å². The van der Waals surface area contributed by atoms with Crippen LogP contribution < -0.4 is 4.90 Å². The Hall–Kier alpha value is -3.12. The van der Waals surface area contributed by atoms with Crippen LogP contribution in [0.4, 0.5) is 23.7 Å². The number of benzene rings is 1. The number of ether oxygens (including phenoxy) is 2. The number of aromatic nitrogens is 2. The number of anilines is 1. The minimum absolute atomic E-state index is 0.0671. The highest BCUT2D eigenvalue weighted by Crippen LogP contribution is 2.36. The van der Waals surface area contributed by atoms with Crippen LogP contribution in [-0.2, 0) is 22.2 Å². The molecular weight excluding hydrogens is 527 g/mol. The summed E-state index contributed by atoms with van der Waals surface area (Å²) in [7, 11) is 1.97. The second-order valence-electron chi connectivity index (χ2n) is 11.7. The molecule has 0 saturated carbocycles. The number of halogens is 3. The fourth-order valence-electron chi connectivity index (χ4n) is 4.99. The van der Waals surface area contributed by atoms with Crippen LogP contribution in [0.25, 0.3) is 0 Å². The number of piperidine rings is 1. The van der Waals surface area contributed by atoms with Crippen LogP contribution in [0.1, 0.15) is 62.2 Å². The first kappa shape index (κ1) is 29.9. The molecule has 1 aromatic heterocycles. The monoisotopic (exact) mass is 565 g/mol. The predicted molar refractivity (Wildman–Crippen MR) is 143 cm³/mol. The molecule has 4 rings (SSSR count). The van der Waals surface area contributed by atoms with Crippen molar-refractivity contribution in [3.63, 3.8) is 0 Å². The Balaban J connectivity index is 1.42. The number of carbonyl (C=O) groups is 2. The van der Waals surface area contributed by atoms with Gasteiger partial charge in [0.1, 0.15) is 5.60 Å². The lowest BCUT2D eigenvalue weighted by atomic mass is 9.87. The van der Waals surface area contributed by atoms with Crippen molar-refractivity contribution >= 4 is 17.7 Å². The standard InChI is InChI=1S/C28H38F3N5O4/c1-26(2,3)40-24(37)22-8-11-36(32-22)25(38)35-12-9-27(4,10-13-35)33(5)19-20-6-7-21(28(29,30)31)18-23(20)34-14-16-39-17-15-34/h6-8,11,18H,9-10,12-17,19H2,1-5H3. The molecule has 0 bridgehead atoms. The van der Waals surface area contributed by atoms with Gasteiger partial charge in [-0.15, -0.1) is 0 Å². The van der Waals surface area contributed by atoms with Crippen molar-refractivity contribution in [3.05, 3.63) is 47.3 Å². The molecule has 2 aliphatic heterocycles. The van der Waals surface area contributed by atoms with E-state index < -0.39 is 23.3 Å². The second kappa shape index (κ2) is 11.4. The summed E-state index contributed by atoms with van der Waals surface area (Å²) < 4.78 is 52.4. The smallest absolute Gasteiger partial charge is 0.416 e. The van der Waals surface area contributed by atoms with Gasteiger partial charge in [-0.25, -0.2) is 9.59 Å². The summed E-state index contributed by atoms with van der Waals surface area (Å²) in [6.07, 6.45) is -1.62. The van der Waals surface area contributed by atoms with Crippen molar-refractivity contribution in [1.82, 2.24) is 19.6 Å². The van der Waals surface area contributed by atoms with Crippen LogP contribution in [0.15, 0.2) is 30.5 Å². The zero-order valence-electron chi connectivity index (χ0n) is 23.8. The average molecular weight is 566 g/mol. The van der Waals surface area contributed by atoms with E-state index in [1.165, 1.54) is 18.3 Å². The zero-order valence-corrected chi connectivity index (χ0v) is 23.8. The van der Waals surface area contributed by atoms with Gasteiger partial charge >= 0.3 is 18.2 Å². The van der Waals surface area contributed by atoms with E-state index in [9.17, 15) is 22.8 Å². The van der Waals surface area contributed by atoms with Crippen molar-refractivity contribution in [1.29, 1.82) is 0 Å². The van der Waals surface area contributed by atoms with Gasteiger partial charge in [0.2, 0.25) is 0 Å². The van der Waals surface area contributed by atoms with Crippen LogP contribution >= 0.6 is 0 Å². The molecule has 2 saturated heterocycles. The SMILES string of the molecule is CN(Cc1ccc(C(F)(F)F)cc1N1CCOCC1)C1(C)CCN(C(=O)n2ccc(C(=O)OC(C)(C)C)n2)CC1. The molecule has 9 nitrogen and oxygen atoms in total. The number of carbonyl (C=O) groups excluding carboxylic acids is 2. The first-order chi connectivity index (χ1) is 18.7. The number of rotatable bonds is 5. The van der Waals surface area contributed by atoms with Crippen LogP contribution in [-0.4, -0.2) is 89.2 Å². The lowest BCUT2D eigenvalue weighted by molar-refractivity contribution is -0.137. The molecule has 2 fully saturated rings. The molecule has 0 aliphatic carbocycles. The van der Waals surface area contributed by atoms with Gasteiger partial charge in [-0.1, -0.05) is 6.07 Å². The second-order valence-corrected chi connectivity index (χ2v) is 11.7. The number of esters is 1. The highest BCUT2D eigenvalue weighted by molar-refractivity contribution is 5.88. The average Bonchev–Trinajstić information content (AvgIpc) is 3.39. The summed E-state index contributed by atoms with van der Waals surface area (Å²) in [4.78, 5) is 31.2. The molecule has 0 atom stereocenters. The summed E-state index contributed by atoms with van der Waals surface area (Å²) in [6.45, 7) is 10.8. The number of alkyl halides is 3. The van der Waals surface area contributed by atoms with Gasteiger partial charge in [0.05, 0.1) is 18.8 Å². The maximum Gasteiger partial charge on any atom is 0.416 e. The van der Waals surface area contributed by atoms with Crippen LogP contribution in [0.2, 0.25) is 0 Å². The summed E-state index contributed by atoms with van der Waals surface area (Å²) in [5.74, 6) is -0.591. The summed E-state index contributed by atoms with van der Waals surface area (Å²) in [5.41, 5.74) is -0.126. The minimum atomic E-state index is -4.42. The molecule has 2 aliphatic rings. The van der Waals surface area contributed by atoms with Crippen molar-refractivity contribution in [3.8, 4) is 0 Å². The van der Waals surface area contributed by atoms with E-state index in [0.29, 0.717) is 64.5 Å². The van der Waals surface area contributed by atoms with E-state index in [0.717, 1.165) is 16.3 Å². The highest BCUT2D eigenvalue weighted by Gasteiger charge is 2.37. The van der Waals surface area contributed by atoms with Crippen molar-refractivity contribution in [2.24, 2.45) is 0 Å². The Morgan fingerprint density at radius 1 is 1.07 bits per heavy atom. The zero-order chi connectivity index (χ0) is 29.3. The number of hydrogen-bond acceptors (Lipinski definition) is 7. The number of amides is 1. The topological polar surface area (TPSA) is 80.1 Å². The Kier molecular flexibility index (Phi) is 8.51. The summed E-state index contributed by atoms with van der Waals surface area (Å²) in [5, 5.41) is 4.12. The quantitative estimate of drug-likeness (QED) is 0.489. The van der Waals surface area contributed by atoms with Gasteiger partial charge in [0, 0.05) is 50.1 Å². The lowest BCUT2D eigenvalue weighted by Gasteiger charge is -2.45. The molecule has 0 unspecified atom stereocenters. The van der Waals surface area contributed by atoms with Gasteiger partial charge in [-0.3, -0.25) is 4.90 Å². The Morgan fingerprint density at radius 2 is 1.73 bits per heavy atom. The molecule has 2 aromatic rings. The normalized spacial score (nSPS) is 18.2.